The molecule has 0 aromatic carbocycles. The van der Waals surface area contributed by atoms with Gasteiger partial charge >= 0.3 is 0 Å². The van der Waals surface area contributed by atoms with Crippen molar-refractivity contribution in [2.24, 2.45) is 0 Å². The van der Waals surface area contributed by atoms with Gasteiger partial charge in [-0.25, -0.2) is 0 Å². The van der Waals surface area contributed by atoms with Gasteiger partial charge in [0.1, 0.15) is 0 Å². The number of aliphatic hydroxyl groups excluding tert-OH is 1. The van der Waals surface area contributed by atoms with Gasteiger partial charge in [0.15, 0.2) is 0 Å². The normalized spacial score (nSPS) is 17.9. The molecular formula is C15H24N2O. The zero-order valence-electron chi connectivity index (χ0n) is 11.5. The maximum Gasteiger partial charge on any atom is 0.0650 e. The molecule has 1 aromatic heterocycles. The zero-order chi connectivity index (χ0) is 13.0. The molecule has 1 aromatic rings. The zero-order valence-corrected chi connectivity index (χ0v) is 11.5. The molecule has 0 saturated heterocycles. The molecule has 0 fully saturated rings. The Morgan fingerprint density at radius 1 is 1.33 bits per heavy atom. The van der Waals surface area contributed by atoms with E-state index in [0.717, 1.165) is 18.5 Å². The van der Waals surface area contributed by atoms with E-state index in [2.05, 4.69) is 25.0 Å². The van der Waals surface area contributed by atoms with Crippen LogP contribution in [0.2, 0.25) is 0 Å². The summed E-state index contributed by atoms with van der Waals surface area (Å²) in [4.78, 5) is 0. The Hall–Kier alpha value is -1.09. The molecule has 1 atom stereocenters. The van der Waals surface area contributed by atoms with Gasteiger partial charge in [-0.2, -0.15) is 5.10 Å². The highest BCUT2D eigenvalue weighted by Gasteiger charge is 2.12. The first-order valence-corrected chi connectivity index (χ1v) is 7.05. The van der Waals surface area contributed by atoms with E-state index in [4.69, 9.17) is 0 Å². The average molecular weight is 248 g/mol. The van der Waals surface area contributed by atoms with Gasteiger partial charge in [0, 0.05) is 18.7 Å². The Balaban J connectivity index is 1.86. The maximum absolute atomic E-state index is 10.1. The summed E-state index contributed by atoms with van der Waals surface area (Å²) in [5, 5.41) is 14.6. The Kier molecular flexibility index (Phi) is 4.59. The molecule has 0 saturated carbocycles. The molecular weight excluding hydrogens is 224 g/mol. The van der Waals surface area contributed by atoms with E-state index in [1.807, 2.05) is 16.9 Å². The van der Waals surface area contributed by atoms with Crippen LogP contribution in [0, 0.1) is 0 Å². The number of hydrogen-bond acceptors (Lipinski definition) is 2. The van der Waals surface area contributed by atoms with Crippen LogP contribution in [0.1, 0.15) is 57.7 Å². The Morgan fingerprint density at radius 3 is 2.78 bits per heavy atom. The lowest BCUT2D eigenvalue weighted by Crippen LogP contribution is -2.13. The Morgan fingerprint density at radius 2 is 2.17 bits per heavy atom. The molecule has 0 bridgehead atoms. The molecule has 1 aliphatic rings. The van der Waals surface area contributed by atoms with Crippen LogP contribution in [-0.4, -0.2) is 21.0 Å². The third-order valence-electron chi connectivity index (χ3n) is 3.52. The van der Waals surface area contributed by atoms with Crippen molar-refractivity contribution in [2.75, 3.05) is 0 Å². The fraction of sp³-hybridized carbons (Fsp3) is 0.667. The van der Waals surface area contributed by atoms with Gasteiger partial charge in [-0.05, 0) is 52.0 Å². The second-order valence-electron chi connectivity index (χ2n) is 5.55. The van der Waals surface area contributed by atoms with Crippen LogP contribution in [0.15, 0.2) is 23.9 Å². The van der Waals surface area contributed by atoms with Crippen LogP contribution in [0.4, 0.5) is 0 Å². The molecule has 1 unspecified atom stereocenters. The average Bonchev–Trinajstić information content (AvgIpc) is 2.78. The van der Waals surface area contributed by atoms with Gasteiger partial charge in [0.25, 0.3) is 0 Å². The van der Waals surface area contributed by atoms with Gasteiger partial charge in [-0.1, -0.05) is 11.6 Å². The van der Waals surface area contributed by atoms with E-state index in [-0.39, 0.29) is 6.10 Å². The molecule has 18 heavy (non-hydrogen) atoms. The molecule has 100 valence electrons. The van der Waals surface area contributed by atoms with Crippen molar-refractivity contribution in [3.63, 3.8) is 0 Å². The molecule has 3 nitrogen and oxygen atoms in total. The van der Waals surface area contributed by atoms with Gasteiger partial charge in [-0.15, -0.1) is 0 Å². The van der Waals surface area contributed by atoms with Crippen LogP contribution in [0.3, 0.4) is 0 Å². The predicted molar refractivity (Wildman–Crippen MR) is 73.5 cm³/mol. The first kappa shape index (κ1) is 13.3. The van der Waals surface area contributed by atoms with E-state index < -0.39 is 0 Å². The Labute approximate surface area is 110 Å². The second kappa shape index (κ2) is 6.19. The lowest BCUT2D eigenvalue weighted by Gasteiger charge is -2.16. The lowest BCUT2D eigenvalue weighted by atomic mass is 9.94. The maximum atomic E-state index is 10.1. The van der Waals surface area contributed by atoms with Crippen molar-refractivity contribution >= 4 is 0 Å². The molecule has 2 rings (SSSR count). The molecule has 1 aliphatic carbocycles. The summed E-state index contributed by atoms with van der Waals surface area (Å²) in [6, 6.07) is 2.40. The fourth-order valence-electron chi connectivity index (χ4n) is 2.48. The quantitative estimate of drug-likeness (QED) is 0.812. The van der Waals surface area contributed by atoms with E-state index in [1.165, 1.54) is 24.8 Å². The summed E-state index contributed by atoms with van der Waals surface area (Å²) in [7, 11) is 0. The summed E-state index contributed by atoms with van der Waals surface area (Å²) in [6.07, 6.45) is 10.4. The van der Waals surface area contributed by atoms with Crippen LogP contribution < -0.4 is 0 Å². The first-order chi connectivity index (χ1) is 8.65. The van der Waals surface area contributed by atoms with Crippen LogP contribution in [0.25, 0.3) is 0 Å². The molecule has 3 heteroatoms. The SMILES string of the molecule is CC(C)n1ccc(CC(O)CC2=CCCCC2)n1. The molecule has 0 spiro atoms. The standard InChI is InChI=1S/C15H24N2O/c1-12(2)17-9-8-14(16-17)11-15(18)10-13-6-4-3-5-7-13/h6,8-9,12,15,18H,3-5,7,10-11H2,1-2H3. The van der Waals surface area contributed by atoms with Crippen LogP contribution in [0.5, 0.6) is 0 Å². The number of rotatable bonds is 5. The van der Waals surface area contributed by atoms with Gasteiger partial charge in [-0.3, -0.25) is 4.68 Å². The van der Waals surface area contributed by atoms with E-state index >= 15 is 0 Å². The molecule has 0 radical (unpaired) electrons. The Bertz CT molecular complexity index is 406. The largest absolute Gasteiger partial charge is 0.392 e. The summed E-state index contributed by atoms with van der Waals surface area (Å²) >= 11 is 0. The number of aliphatic hydroxyl groups is 1. The van der Waals surface area contributed by atoms with Crippen molar-refractivity contribution in [2.45, 2.75) is 64.5 Å². The van der Waals surface area contributed by atoms with Crippen molar-refractivity contribution in [3.05, 3.63) is 29.6 Å². The van der Waals surface area contributed by atoms with Crippen LogP contribution in [-0.2, 0) is 6.42 Å². The highest BCUT2D eigenvalue weighted by atomic mass is 16.3. The number of nitrogens with zero attached hydrogens (tertiary/aromatic N) is 2. The third kappa shape index (κ3) is 3.70. The minimum Gasteiger partial charge on any atom is -0.392 e. The van der Waals surface area contributed by atoms with Gasteiger partial charge in [0.2, 0.25) is 0 Å². The molecule has 0 aliphatic heterocycles. The summed E-state index contributed by atoms with van der Waals surface area (Å²) in [5.41, 5.74) is 2.42. The van der Waals surface area contributed by atoms with Crippen molar-refractivity contribution in [1.29, 1.82) is 0 Å². The van der Waals surface area contributed by atoms with Crippen LogP contribution >= 0.6 is 0 Å². The van der Waals surface area contributed by atoms with E-state index in [0.29, 0.717) is 12.5 Å². The monoisotopic (exact) mass is 248 g/mol. The van der Waals surface area contributed by atoms with Crippen molar-refractivity contribution in [3.8, 4) is 0 Å². The summed E-state index contributed by atoms with van der Waals surface area (Å²) < 4.78 is 1.95. The summed E-state index contributed by atoms with van der Waals surface area (Å²) in [5.74, 6) is 0. The fourth-order valence-corrected chi connectivity index (χ4v) is 2.48. The third-order valence-corrected chi connectivity index (χ3v) is 3.52. The van der Waals surface area contributed by atoms with E-state index in [1.54, 1.807) is 0 Å². The minimum absolute atomic E-state index is 0.287. The minimum atomic E-state index is -0.287. The number of allylic oxidation sites excluding steroid dienone is 1. The van der Waals surface area contributed by atoms with Crippen molar-refractivity contribution in [1.82, 2.24) is 9.78 Å². The first-order valence-electron chi connectivity index (χ1n) is 7.05. The lowest BCUT2D eigenvalue weighted by molar-refractivity contribution is 0.172. The van der Waals surface area contributed by atoms with Gasteiger partial charge in [0.05, 0.1) is 11.8 Å². The molecule has 1 N–H and O–H groups in total. The topological polar surface area (TPSA) is 38.0 Å². The smallest absolute Gasteiger partial charge is 0.0650 e. The van der Waals surface area contributed by atoms with E-state index in [9.17, 15) is 5.11 Å². The van der Waals surface area contributed by atoms with Crippen molar-refractivity contribution < 1.29 is 5.11 Å². The predicted octanol–water partition coefficient (Wildman–Crippen LogP) is 3.26. The number of hydrogen-bond donors (Lipinski definition) is 1. The van der Waals surface area contributed by atoms with Gasteiger partial charge < -0.3 is 5.11 Å². The number of aromatic nitrogens is 2. The molecule has 1 heterocycles. The highest BCUT2D eigenvalue weighted by Crippen LogP contribution is 2.22. The summed E-state index contributed by atoms with van der Waals surface area (Å²) in [6.45, 7) is 4.22. The highest BCUT2D eigenvalue weighted by molar-refractivity contribution is 5.08. The second-order valence-corrected chi connectivity index (χ2v) is 5.55. The molecule has 0 amide bonds.